The fraction of sp³-hybridized carbons (Fsp3) is 0.268. The fourth-order valence-corrected chi connectivity index (χ4v) is 7.26. The van der Waals surface area contributed by atoms with E-state index in [2.05, 4.69) is 0 Å². The Morgan fingerprint density at radius 1 is 0.600 bits per heavy atom. The van der Waals surface area contributed by atoms with Gasteiger partial charge in [-0.1, -0.05) is 152 Å². The highest BCUT2D eigenvalue weighted by atomic mass is 31.2. The van der Waals surface area contributed by atoms with E-state index < -0.39 is 31.4 Å². The molecule has 0 bridgehead atoms. The maximum atomic E-state index is 13.2. The summed E-state index contributed by atoms with van der Waals surface area (Å²) in [6.07, 6.45) is -0.990. The third kappa shape index (κ3) is 9.43. The van der Waals surface area contributed by atoms with Crippen LogP contribution in [0.1, 0.15) is 34.2 Å². The summed E-state index contributed by atoms with van der Waals surface area (Å²) in [5.41, 5.74) is 2.85. The van der Waals surface area contributed by atoms with Gasteiger partial charge < -0.3 is 28.7 Å². The van der Waals surface area contributed by atoms with Crippen LogP contribution in [0.15, 0.2) is 152 Å². The van der Waals surface area contributed by atoms with Crippen LogP contribution in [0.25, 0.3) is 0 Å². The van der Waals surface area contributed by atoms with Crippen molar-refractivity contribution in [3.8, 4) is 0 Å². The summed E-state index contributed by atoms with van der Waals surface area (Å²) in [7, 11) is -5.22. The van der Waals surface area contributed by atoms with Crippen LogP contribution in [0.3, 0.4) is 0 Å². The van der Waals surface area contributed by atoms with Crippen molar-refractivity contribution in [2.75, 3.05) is 6.61 Å². The van der Waals surface area contributed by atoms with Crippen molar-refractivity contribution in [3.63, 3.8) is 0 Å². The third-order valence-electron chi connectivity index (χ3n) is 8.90. The summed E-state index contributed by atoms with van der Waals surface area (Å²) in [6, 6.07) is 48.3. The highest BCUT2D eigenvalue weighted by Crippen LogP contribution is 2.54. The van der Waals surface area contributed by atoms with Gasteiger partial charge in [-0.3, -0.25) is 4.52 Å². The van der Waals surface area contributed by atoms with Gasteiger partial charge in [-0.15, -0.1) is 0 Å². The molecule has 0 saturated carbocycles. The first-order chi connectivity index (χ1) is 24.3. The molecule has 0 aromatic heterocycles. The van der Waals surface area contributed by atoms with Crippen LogP contribution in [0.5, 0.6) is 0 Å². The van der Waals surface area contributed by atoms with Crippen molar-refractivity contribution in [2.45, 2.75) is 62.7 Å². The Morgan fingerprint density at radius 3 is 1.54 bits per heavy atom. The van der Waals surface area contributed by atoms with E-state index in [0.29, 0.717) is 13.0 Å². The number of hydrogen-bond donors (Lipinski definition) is 2. The molecule has 0 amide bonds. The number of benzene rings is 5. The number of rotatable bonds is 16. The minimum absolute atomic E-state index is 0.0407. The average Bonchev–Trinajstić information content (AvgIpc) is 3.13. The highest BCUT2D eigenvalue weighted by molar-refractivity contribution is 7.46. The van der Waals surface area contributed by atoms with Gasteiger partial charge in [0.15, 0.2) is 5.60 Å². The van der Waals surface area contributed by atoms with Gasteiger partial charge >= 0.3 is 7.82 Å². The smallest absolute Gasteiger partial charge is 0.374 e. The Morgan fingerprint density at radius 2 is 1.04 bits per heavy atom. The van der Waals surface area contributed by atoms with Gasteiger partial charge in [0.25, 0.3) is 0 Å². The Bertz CT molecular complexity index is 1770. The molecule has 8 nitrogen and oxygen atoms in total. The summed E-state index contributed by atoms with van der Waals surface area (Å²) >= 11 is 0. The van der Waals surface area contributed by atoms with Crippen molar-refractivity contribution < 1.29 is 37.8 Å². The number of hydrogen-bond acceptors (Lipinski definition) is 6. The van der Waals surface area contributed by atoms with Gasteiger partial charge in [-0.2, -0.15) is 0 Å². The molecule has 0 unspecified atom stereocenters. The molecule has 9 heteroatoms. The molecular formula is C41H43O8P. The SMILES string of the molecule is O=P(O)(O)O[C@@]1(Cc2ccccc2)O[C@H](COCc2ccccc2)C[C@H](OCc2ccccc2)[C@@]1(Cc1ccccc1)OCc1ccccc1. The maximum absolute atomic E-state index is 13.2. The van der Waals surface area contributed by atoms with Crippen LogP contribution in [0.2, 0.25) is 0 Å². The van der Waals surface area contributed by atoms with E-state index in [1.54, 1.807) is 0 Å². The summed E-state index contributed by atoms with van der Waals surface area (Å²) < 4.78 is 46.2. The van der Waals surface area contributed by atoms with Crippen molar-refractivity contribution in [1.29, 1.82) is 0 Å². The molecular weight excluding hydrogens is 651 g/mol. The van der Waals surface area contributed by atoms with Gasteiger partial charge in [-0.05, 0) is 27.8 Å². The second kappa shape index (κ2) is 16.8. The molecule has 2 N–H and O–H groups in total. The largest absolute Gasteiger partial charge is 0.472 e. The molecule has 1 aliphatic heterocycles. The Labute approximate surface area is 293 Å². The van der Waals surface area contributed by atoms with E-state index in [0.717, 1.165) is 27.8 Å². The van der Waals surface area contributed by atoms with E-state index in [9.17, 15) is 14.4 Å². The minimum atomic E-state index is -5.22. The topological polar surface area (TPSA) is 104 Å². The van der Waals surface area contributed by atoms with Crippen molar-refractivity contribution in [1.82, 2.24) is 0 Å². The molecule has 6 rings (SSSR count). The van der Waals surface area contributed by atoms with Gasteiger partial charge in [0.2, 0.25) is 5.79 Å². The fourth-order valence-electron chi connectivity index (χ4n) is 6.62. The number of ether oxygens (including phenoxy) is 4. The van der Waals surface area contributed by atoms with Crippen LogP contribution in [-0.4, -0.2) is 40.0 Å². The Kier molecular flexibility index (Phi) is 12.1. The Balaban J connectivity index is 1.48. The first kappa shape index (κ1) is 35.9. The number of phosphoric acid groups is 1. The molecule has 1 saturated heterocycles. The average molecular weight is 695 g/mol. The van der Waals surface area contributed by atoms with E-state index in [1.807, 2.05) is 152 Å². The van der Waals surface area contributed by atoms with Crippen LogP contribution < -0.4 is 0 Å². The molecule has 5 aromatic carbocycles. The predicted octanol–water partition coefficient (Wildman–Crippen LogP) is 7.82. The highest BCUT2D eigenvalue weighted by Gasteiger charge is 2.66. The molecule has 1 heterocycles. The second-order valence-corrected chi connectivity index (χ2v) is 13.7. The Hall–Kier alpha value is -3.95. The second-order valence-electron chi connectivity index (χ2n) is 12.6. The normalized spacial score (nSPS) is 22.3. The van der Waals surface area contributed by atoms with E-state index in [-0.39, 0.29) is 32.7 Å². The first-order valence-electron chi connectivity index (χ1n) is 16.8. The molecule has 50 heavy (non-hydrogen) atoms. The lowest BCUT2D eigenvalue weighted by Gasteiger charge is -2.57. The molecule has 0 aliphatic carbocycles. The summed E-state index contributed by atoms with van der Waals surface area (Å²) in [6.45, 7) is 0.798. The maximum Gasteiger partial charge on any atom is 0.472 e. The van der Waals surface area contributed by atoms with E-state index in [1.165, 1.54) is 0 Å². The molecule has 0 spiro atoms. The first-order valence-corrected chi connectivity index (χ1v) is 18.3. The zero-order chi connectivity index (χ0) is 34.7. The van der Waals surface area contributed by atoms with E-state index >= 15 is 0 Å². The van der Waals surface area contributed by atoms with Crippen molar-refractivity contribution in [2.24, 2.45) is 0 Å². The molecule has 4 atom stereocenters. The minimum Gasteiger partial charge on any atom is -0.374 e. The summed E-state index contributed by atoms with van der Waals surface area (Å²) in [5, 5.41) is 0. The van der Waals surface area contributed by atoms with E-state index in [4.69, 9.17) is 23.5 Å². The van der Waals surface area contributed by atoms with Crippen LogP contribution in [0, 0.1) is 0 Å². The van der Waals surface area contributed by atoms with Crippen LogP contribution >= 0.6 is 7.82 Å². The lowest BCUT2D eigenvalue weighted by atomic mass is 9.74. The van der Waals surface area contributed by atoms with Crippen molar-refractivity contribution in [3.05, 3.63) is 179 Å². The van der Waals surface area contributed by atoms with Crippen LogP contribution in [0.4, 0.5) is 0 Å². The predicted molar refractivity (Wildman–Crippen MR) is 191 cm³/mol. The van der Waals surface area contributed by atoms with Crippen molar-refractivity contribution >= 4 is 7.82 Å². The monoisotopic (exact) mass is 694 g/mol. The van der Waals surface area contributed by atoms with Gasteiger partial charge in [0, 0.05) is 19.3 Å². The van der Waals surface area contributed by atoms with Gasteiger partial charge in [0.1, 0.15) is 0 Å². The number of phosphoric ester groups is 1. The third-order valence-corrected chi connectivity index (χ3v) is 9.44. The molecule has 5 aromatic rings. The summed E-state index contributed by atoms with van der Waals surface area (Å²) in [5.74, 6) is -2.03. The van der Waals surface area contributed by atoms with Gasteiger partial charge in [-0.25, -0.2) is 4.57 Å². The lowest BCUT2D eigenvalue weighted by molar-refractivity contribution is -0.378. The van der Waals surface area contributed by atoms with Crippen LogP contribution in [-0.2, 0) is 60.7 Å². The molecule has 1 fully saturated rings. The quantitative estimate of drug-likeness (QED) is 0.101. The zero-order valence-corrected chi connectivity index (χ0v) is 28.7. The molecule has 260 valence electrons. The molecule has 0 radical (unpaired) electrons. The lowest BCUT2D eigenvalue weighted by Crippen LogP contribution is -2.72. The standard InChI is InChI=1S/C41H43O8P/c42-50(43,44)49-41(28-34-18-8-2-9-19-34)40(27-33-16-6-1-7-17-33,47-31-37-24-14-5-15-25-37)39(46-30-36-22-12-4-13-23-36)26-38(48-41)32-45-29-35-20-10-3-11-21-35/h1-25,38-39H,26-32H2,(H2,42,43,44)/t38-,39-,40+,41+/m0/s1. The zero-order valence-electron chi connectivity index (χ0n) is 27.8. The summed E-state index contributed by atoms with van der Waals surface area (Å²) in [4.78, 5) is 21.4. The van der Waals surface area contributed by atoms with Gasteiger partial charge in [0.05, 0.1) is 38.6 Å². The molecule has 1 aliphatic rings.